The van der Waals surface area contributed by atoms with E-state index in [2.05, 4.69) is 9.97 Å². The van der Waals surface area contributed by atoms with Crippen LogP contribution in [-0.4, -0.2) is 56.1 Å². The van der Waals surface area contributed by atoms with Crippen molar-refractivity contribution < 1.29 is 17.9 Å². The third-order valence-corrected chi connectivity index (χ3v) is 8.37. The molecule has 1 aliphatic rings. The number of rotatable bonds is 7. The Morgan fingerprint density at radius 1 is 1.17 bits per heavy atom. The summed E-state index contributed by atoms with van der Waals surface area (Å²) in [5.74, 6) is 1.48. The van der Waals surface area contributed by atoms with Gasteiger partial charge in [-0.05, 0) is 36.4 Å². The summed E-state index contributed by atoms with van der Waals surface area (Å²) in [4.78, 5) is 9.22. The quantitative estimate of drug-likeness (QED) is 0.496. The van der Waals surface area contributed by atoms with Crippen LogP contribution in [0.1, 0.15) is 5.69 Å². The van der Waals surface area contributed by atoms with Gasteiger partial charge in [0.1, 0.15) is 15.7 Å². The molecule has 0 bridgehead atoms. The Morgan fingerprint density at radius 2 is 1.93 bits per heavy atom. The number of methoxy groups -OCH3 is 1. The standard InChI is InChI=1S/C20H21N3O4S3/c1-26-17-4-2-15(3-5-17)20-22-16(14-29-20)13-28-19-7-6-18(12-21-19)30(24,25)23-8-10-27-11-9-23/h2-7,12,14H,8-11,13H2,1H3. The van der Waals surface area contributed by atoms with E-state index in [1.165, 1.54) is 22.3 Å². The van der Waals surface area contributed by atoms with Crippen molar-refractivity contribution in [1.29, 1.82) is 0 Å². The van der Waals surface area contributed by atoms with Gasteiger partial charge in [-0.2, -0.15) is 4.31 Å². The van der Waals surface area contributed by atoms with E-state index in [1.807, 2.05) is 29.6 Å². The molecule has 30 heavy (non-hydrogen) atoms. The average molecular weight is 464 g/mol. The molecule has 0 atom stereocenters. The molecule has 0 radical (unpaired) electrons. The summed E-state index contributed by atoms with van der Waals surface area (Å²) in [6.45, 7) is 1.60. The lowest BCUT2D eigenvalue weighted by Gasteiger charge is -2.25. The molecule has 0 spiro atoms. The van der Waals surface area contributed by atoms with Crippen LogP contribution in [0.2, 0.25) is 0 Å². The largest absolute Gasteiger partial charge is 0.497 e. The van der Waals surface area contributed by atoms with Crippen LogP contribution in [0.25, 0.3) is 10.6 Å². The highest BCUT2D eigenvalue weighted by atomic mass is 32.2. The summed E-state index contributed by atoms with van der Waals surface area (Å²) in [5, 5.41) is 3.74. The number of thioether (sulfide) groups is 1. The summed E-state index contributed by atoms with van der Waals surface area (Å²) >= 11 is 3.12. The van der Waals surface area contributed by atoms with Crippen molar-refractivity contribution in [3.05, 3.63) is 53.7 Å². The molecule has 0 unspecified atom stereocenters. The summed E-state index contributed by atoms with van der Waals surface area (Å²) in [5.41, 5.74) is 2.01. The van der Waals surface area contributed by atoms with Crippen molar-refractivity contribution in [2.45, 2.75) is 15.7 Å². The van der Waals surface area contributed by atoms with Crippen LogP contribution < -0.4 is 4.74 Å². The van der Waals surface area contributed by atoms with E-state index < -0.39 is 10.0 Å². The van der Waals surface area contributed by atoms with Crippen molar-refractivity contribution in [3.8, 4) is 16.3 Å². The number of ether oxygens (including phenoxy) is 2. The lowest BCUT2D eigenvalue weighted by Crippen LogP contribution is -2.40. The van der Waals surface area contributed by atoms with Crippen LogP contribution in [0.15, 0.2) is 57.9 Å². The minimum Gasteiger partial charge on any atom is -0.497 e. The molecule has 158 valence electrons. The first-order valence-corrected chi connectivity index (χ1v) is 12.6. The van der Waals surface area contributed by atoms with Crippen LogP contribution in [-0.2, 0) is 20.5 Å². The number of morpholine rings is 1. The molecule has 3 heterocycles. The zero-order chi connectivity index (χ0) is 21.0. The fourth-order valence-electron chi connectivity index (χ4n) is 2.93. The zero-order valence-corrected chi connectivity index (χ0v) is 18.8. The van der Waals surface area contributed by atoms with E-state index in [9.17, 15) is 8.42 Å². The van der Waals surface area contributed by atoms with Gasteiger partial charge in [-0.3, -0.25) is 0 Å². The maximum atomic E-state index is 12.7. The van der Waals surface area contributed by atoms with Gasteiger partial charge in [0, 0.05) is 36.0 Å². The minimum atomic E-state index is -3.52. The highest BCUT2D eigenvalue weighted by molar-refractivity contribution is 7.98. The molecule has 2 aromatic heterocycles. The Kier molecular flexibility index (Phi) is 6.69. The minimum absolute atomic E-state index is 0.212. The van der Waals surface area contributed by atoms with Gasteiger partial charge in [-0.25, -0.2) is 18.4 Å². The maximum absolute atomic E-state index is 12.7. The number of pyridine rings is 1. The maximum Gasteiger partial charge on any atom is 0.244 e. The first kappa shape index (κ1) is 21.3. The van der Waals surface area contributed by atoms with E-state index in [-0.39, 0.29) is 4.90 Å². The fraction of sp³-hybridized carbons (Fsp3) is 0.300. The van der Waals surface area contributed by atoms with Crippen molar-refractivity contribution in [1.82, 2.24) is 14.3 Å². The van der Waals surface area contributed by atoms with E-state index in [1.54, 1.807) is 30.6 Å². The van der Waals surface area contributed by atoms with Gasteiger partial charge in [0.05, 0.1) is 31.0 Å². The summed E-state index contributed by atoms with van der Waals surface area (Å²) < 4.78 is 37.2. The molecular formula is C20H21N3O4S3. The fourth-order valence-corrected chi connectivity index (χ4v) is 5.95. The Balaban J connectivity index is 1.38. The third-order valence-electron chi connectivity index (χ3n) is 4.57. The normalized spacial score (nSPS) is 15.2. The molecule has 1 saturated heterocycles. The molecule has 4 rings (SSSR count). The first-order valence-electron chi connectivity index (χ1n) is 9.32. The molecule has 1 aromatic carbocycles. The van der Waals surface area contributed by atoms with E-state index in [0.717, 1.165) is 27.0 Å². The van der Waals surface area contributed by atoms with E-state index in [4.69, 9.17) is 9.47 Å². The van der Waals surface area contributed by atoms with Gasteiger partial charge in [0.25, 0.3) is 0 Å². The molecule has 10 heteroatoms. The van der Waals surface area contributed by atoms with Crippen molar-refractivity contribution in [3.63, 3.8) is 0 Å². The Bertz CT molecular complexity index is 1080. The SMILES string of the molecule is COc1ccc(-c2nc(CSc3ccc(S(=O)(=O)N4CCOCC4)cn3)cs2)cc1. The predicted molar refractivity (Wildman–Crippen MR) is 117 cm³/mol. The summed E-state index contributed by atoms with van der Waals surface area (Å²) in [6, 6.07) is 11.2. The summed E-state index contributed by atoms with van der Waals surface area (Å²) in [7, 11) is -1.87. The molecule has 0 aliphatic carbocycles. The molecule has 0 N–H and O–H groups in total. The van der Waals surface area contributed by atoms with Gasteiger partial charge in [0.15, 0.2) is 0 Å². The van der Waals surface area contributed by atoms with Gasteiger partial charge < -0.3 is 9.47 Å². The molecule has 0 saturated carbocycles. The average Bonchev–Trinajstić information content (AvgIpc) is 3.28. The number of hydrogen-bond donors (Lipinski definition) is 0. The van der Waals surface area contributed by atoms with Gasteiger partial charge in [-0.15, -0.1) is 23.1 Å². The predicted octanol–water partition coefficient (Wildman–Crippen LogP) is 3.53. The van der Waals surface area contributed by atoms with Crippen molar-refractivity contribution in [2.24, 2.45) is 0 Å². The molecule has 1 fully saturated rings. The number of nitrogens with zero attached hydrogens (tertiary/aromatic N) is 3. The smallest absolute Gasteiger partial charge is 0.244 e. The van der Waals surface area contributed by atoms with Gasteiger partial charge in [0.2, 0.25) is 10.0 Å². The zero-order valence-electron chi connectivity index (χ0n) is 16.4. The highest BCUT2D eigenvalue weighted by Gasteiger charge is 2.26. The lowest BCUT2D eigenvalue weighted by molar-refractivity contribution is 0.0730. The second-order valence-corrected chi connectivity index (χ2v) is 10.3. The second kappa shape index (κ2) is 9.44. The molecule has 0 amide bonds. The Hall–Kier alpha value is -1.98. The topological polar surface area (TPSA) is 81.6 Å². The van der Waals surface area contributed by atoms with Crippen LogP contribution in [0.3, 0.4) is 0 Å². The molecule has 7 nitrogen and oxygen atoms in total. The number of sulfonamides is 1. The number of aromatic nitrogens is 2. The lowest BCUT2D eigenvalue weighted by atomic mass is 10.2. The van der Waals surface area contributed by atoms with Crippen LogP contribution >= 0.6 is 23.1 Å². The Labute approximate surface area is 184 Å². The van der Waals surface area contributed by atoms with E-state index >= 15 is 0 Å². The van der Waals surface area contributed by atoms with Crippen LogP contribution in [0.4, 0.5) is 0 Å². The van der Waals surface area contributed by atoms with Crippen LogP contribution in [0.5, 0.6) is 5.75 Å². The van der Waals surface area contributed by atoms with Crippen molar-refractivity contribution >= 4 is 33.1 Å². The highest BCUT2D eigenvalue weighted by Crippen LogP contribution is 2.29. The second-order valence-electron chi connectivity index (χ2n) is 6.51. The van der Waals surface area contributed by atoms with Gasteiger partial charge >= 0.3 is 0 Å². The van der Waals surface area contributed by atoms with Crippen LogP contribution in [0, 0.1) is 0 Å². The Morgan fingerprint density at radius 3 is 2.60 bits per heavy atom. The molecule has 1 aliphatic heterocycles. The van der Waals surface area contributed by atoms with E-state index in [0.29, 0.717) is 32.1 Å². The van der Waals surface area contributed by atoms with Gasteiger partial charge in [-0.1, -0.05) is 0 Å². The number of hydrogen-bond acceptors (Lipinski definition) is 8. The third kappa shape index (κ3) is 4.84. The van der Waals surface area contributed by atoms with Crippen molar-refractivity contribution in [2.75, 3.05) is 33.4 Å². The molecule has 3 aromatic rings. The first-order chi connectivity index (χ1) is 14.6. The summed E-state index contributed by atoms with van der Waals surface area (Å²) in [6.07, 6.45) is 1.43. The number of thiazole rings is 1. The molecular weight excluding hydrogens is 442 g/mol. The monoisotopic (exact) mass is 463 g/mol. The number of benzene rings is 1.